The van der Waals surface area contributed by atoms with E-state index in [1.54, 1.807) is 0 Å². The van der Waals surface area contributed by atoms with Gasteiger partial charge in [0.05, 0.1) is 17.6 Å². The van der Waals surface area contributed by atoms with Gasteiger partial charge >= 0.3 is 0 Å². The summed E-state index contributed by atoms with van der Waals surface area (Å²) in [5.41, 5.74) is 6.23. The summed E-state index contributed by atoms with van der Waals surface area (Å²) < 4.78 is 3.86. The summed E-state index contributed by atoms with van der Waals surface area (Å²) in [4.78, 5) is 4.66. The van der Waals surface area contributed by atoms with Crippen LogP contribution in [0.25, 0.3) is 11.0 Å². The Morgan fingerprint density at radius 1 is 1.27 bits per heavy atom. The third-order valence-electron chi connectivity index (χ3n) is 3.68. The van der Waals surface area contributed by atoms with E-state index in [2.05, 4.69) is 40.4 Å². The van der Waals surface area contributed by atoms with E-state index < -0.39 is 0 Å². The molecule has 0 aromatic carbocycles. The largest absolute Gasteiger partial charge is 0.379 e. The second-order valence-electron chi connectivity index (χ2n) is 6.01. The molecule has 3 rings (SSSR count). The Morgan fingerprint density at radius 3 is 2.68 bits per heavy atom. The number of rotatable bonds is 4. The fraction of sp³-hybridized carbons (Fsp3) is 0.438. The van der Waals surface area contributed by atoms with Gasteiger partial charge in [-0.2, -0.15) is 10.2 Å². The van der Waals surface area contributed by atoms with Crippen LogP contribution in [0.1, 0.15) is 36.8 Å². The van der Waals surface area contributed by atoms with Crippen LogP contribution in [-0.4, -0.2) is 24.5 Å². The van der Waals surface area contributed by atoms with E-state index >= 15 is 0 Å². The van der Waals surface area contributed by atoms with Crippen molar-refractivity contribution < 1.29 is 0 Å². The Bertz CT molecular complexity index is 812. The molecule has 0 unspecified atom stereocenters. The lowest BCUT2D eigenvalue weighted by Gasteiger charge is -2.12. The molecule has 0 aliphatic carbocycles. The zero-order valence-electron chi connectivity index (χ0n) is 13.8. The van der Waals surface area contributed by atoms with Crippen LogP contribution >= 0.6 is 0 Å². The van der Waals surface area contributed by atoms with Crippen LogP contribution in [0, 0.1) is 13.8 Å². The van der Waals surface area contributed by atoms with Crippen molar-refractivity contribution in [3.05, 3.63) is 35.4 Å². The quantitative estimate of drug-likeness (QED) is 0.804. The molecule has 6 nitrogen and oxygen atoms in total. The minimum atomic E-state index is 0.291. The first-order chi connectivity index (χ1) is 10.5. The van der Waals surface area contributed by atoms with Crippen LogP contribution in [-0.2, 0) is 13.6 Å². The zero-order chi connectivity index (χ0) is 15.9. The second kappa shape index (κ2) is 5.44. The number of hydrogen-bond donors (Lipinski definition) is 1. The van der Waals surface area contributed by atoms with Gasteiger partial charge in [0.15, 0.2) is 0 Å². The van der Waals surface area contributed by atoms with Crippen LogP contribution in [0.3, 0.4) is 0 Å². The number of hydrogen-bond acceptors (Lipinski definition) is 4. The molecule has 116 valence electrons. The zero-order valence-corrected chi connectivity index (χ0v) is 13.8. The smallest absolute Gasteiger partial charge is 0.114 e. The predicted octanol–water partition coefficient (Wildman–Crippen LogP) is 2.97. The molecule has 0 fully saturated rings. The van der Waals surface area contributed by atoms with Gasteiger partial charge in [0, 0.05) is 37.1 Å². The maximum Gasteiger partial charge on any atom is 0.114 e. The number of nitrogens with zero attached hydrogens (tertiary/aromatic N) is 5. The highest BCUT2D eigenvalue weighted by atomic mass is 15.3. The predicted molar refractivity (Wildman–Crippen MR) is 87.9 cm³/mol. The molecule has 0 aliphatic rings. The van der Waals surface area contributed by atoms with Gasteiger partial charge in [-0.1, -0.05) is 0 Å². The minimum Gasteiger partial charge on any atom is -0.379 e. The Labute approximate surface area is 130 Å². The van der Waals surface area contributed by atoms with Crippen LogP contribution in [0.15, 0.2) is 18.5 Å². The molecule has 0 aliphatic heterocycles. The molecule has 0 saturated heterocycles. The highest BCUT2D eigenvalue weighted by Gasteiger charge is 2.16. The van der Waals surface area contributed by atoms with Crippen molar-refractivity contribution in [2.45, 2.75) is 40.3 Å². The number of fused-ring (bicyclic) bond motifs is 1. The summed E-state index contributed by atoms with van der Waals surface area (Å²) in [6, 6.07) is 2.37. The van der Waals surface area contributed by atoms with E-state index in [-0.39, 0.29) is 0 Å². The van der Waals surface area contributed by atoms with Crippen molar-refractivity contribution in [3.63, 3.8) is 0 Å². The summed E-state index contributed by atoms with van der Waals surface area (Å²) in [6.07, 6.45) is 3.90. The van der Waals surface area contributed by atoms with Crippen molar-refractivity contribution in [1.29, 1.82) is 0 Å². The first-order valence-corrected chi connectivity index (χ1v) is 7.53. The van der Waals surface area contributed by atoms with Gasteiger partial charge < -0.3 is 5.32 Å². The standard InChI is InChI=1S/C16H22N6/c1-10(2)22-16-14(17-7-13-8-18-21(5)9-13)6-11(3)19-15(16)12(4)20-22/h6,8-10H,7H2,1-5H3,(H,17,19). The van der Waals surface area contributed by atoms with Gasteiger partial charge in [-0.3, -0.25) is 9.36 Å². The molecular formula is C16H22N6. The fourth-order valence-electron chi connectivity index (χ4n) is 2.68. The monoisotopic (exact) mass is 298 g/mol. The molecule has 22 heavy (non-hydrogen) atoms. The van der Waals surface area contributed by atoms with E-state index in [1.165, 1.54) is 0 Å². The van der Waals surface area contributed by atoms with E-state index in [0.29, 0.717) is 6.04 Å². The molecular weight excluding hydrogens is 276 g/mol. The number of nitrogens with one attached hydrogen (secondary N) is 1. The molecule has 0 atom stereocenters. The van der Waals surface area contributed by atoms with Crippen LogP contribution in [0.5, 0.6) is 0 Å². The molecule has 0 bridgehead atoms. The van der Waals surface area contributed by atoms with Crippen LogP contribution in [0.2, 0.25) is 0 Å². The molecule has 0 saturated carbocycles. The summed E-state index contributed by atoms with van der Waals surface area (Å²) in [5, 5.41) is 12.4. The average molecular weight is 298 g/mol. The number of aromatic nitrogens is 5. The molecule has 3 aromatic heterocycles. The molecule has 0 spiro atoms. The lowest BCUT2D eigenvalue weighted by Crippen LogP contribution is -2.07. The first kappa shape index (κ1) is 14.6. The van der Waals surface area contributed by atoms with Crippen molar-refractivity contribution in [2.24, 2.45) is 7.05 Å². The summed E-state index contributed by atoms with van der Waals surface area (Å²) in [5.74, 6) is 0. The van der Waals surface area contributed by atoms with E-state index in [4.69, 9.17) is 0 Å². The molecule has 1 N–H and O–H groups in total. The fourth-order valence-corrected chi connectivity index (χ4v) is 2.68. The lowest BCUT2D eigenvalue weighted by atomic mass is 10.2. The SMILES string of the molecule is Cc1cc(NCc2cnn(C)c2)c2c(n1)c(C)nn2C(C)C. The Morgan fingerprint density at radius 2 is 2.05 bits per heavy atom. The van der Waals surface area contributed by atoms with E-state index in [0.717, 1.165) is 40.2 Å². The van der Waals surface area contributed by atoms with Crippen molar-refractivity contribution in [1.82, 2.24) is 24.5 Å². The van der Waals surface area contributed by atoms with Crippen molar-refractivity contribution in [2.75, 3.05) is 5.32 Å². The van der Waals surface area contributed by atoms with Gasteiger partial charge in [0.1, 0.15) is 11.0 Å². The Balaban J connectivity index is 2.03. The Kier molecular flexibility index (Phi) is 3.60. The average Bonchev–Trinajstić information content (AvgIpc) is 3.01. The number of anilines is 1. The number of aryl methyl sites for hydroxylation is 3. The van der Waals surface area contributed by atoms with Crippen LogP contribution < -0.4 is 5.32 Å². The lowest BCUT2D eigenvalue weighted by molar-refractivity contribution is 0.547. The maximum absolute atomic E-state index is 4.66. The van der Waals surface area contributed by atoms with Crippen LogP contribution in [0.4, 0.5) is 5.69 Å². The minimum absolute atomic E-state index is 0.291. The second-order valence-corrected chi connectivity index (χ2v) is 6.01. The van der Waals surface area contributed by atoms with Gasteiger partial charge in [-0.15, -0.1) is 0 Å². The normalized spacial score (nSPS) is 11.5. The summed E-state index contributed by atoms with van der Waals surface area (Å²) in [6.45, 7) is 9.03. The Hall–Kier alpha value is -2.37. The highest BCUT2D eigenvalue weighted by molar-refractivity contribution is 5.90. The van der Waals surface area contributed by atoms with E-state index in [9.17, 15) is 0 Å². The molecule has 3 heterocycles. The first-order valence-electron chi connectivity index (χ1n) is 7.53. The van der Waals surface area contributed by atoms with Gasteiger partial charge in [0.25, 0.3) is 0 Å². The molecule has 6 heteroatoms. The summed E-state index contributed by atoms with van der Waals surface area (Å²) in [7, 11) is 1.93. The van der Waals surface area contributed by atoms with E-state index in [1.807, 2.05) is 42.7 Å². The summed E-state index contributed by atoms with van der Waals surface area (Å²) >= 11 is 0. The topological polar surface area (TPSA) is 60.6 Å². The number of pyridine rings is 1. The van der Waals surface area contributed by atoms with Gasteiger partial charge in [0.2, 0.25) is 0 Å². The maximum atomic E-state index is 4.66. The van der Waals surface area contributed by atoms with Crippen molar-refractivity contribution >= 4 is 16.7 Å². The van der Waals surface area contributed by atoms with Gasteiger partial charge in [-0.05, 0) is 33.8 Å². The molecule has 0 amide bonds. The molecule has 0 radical (unpaired) electrons. The molecule has 3 aromatic rings. The third-order valence-corrected chi connectivity index (χ3v) is 3.68. The van der Waals surface area contributed by atoms with Crippen molar-refractivity contribution in [3.8, 4) is 0 Å². The highest BCUT2D eigenvalue weighted by Crippen LogP contribution is 2.28. The van der Waals surface area contributed by atoms with Gasteiger partial charge in [-0.25, -0.2) is 4.98 Å². The third kappa shape index (κ3) is 2.56.